The molecule has 2 saturated carbocycles. The molecule has 21 heavy (non-hydrogen) atoms. The summed E-state index contributed by atoms with van der Waals surface area (Å²) >= 11 is 3.65. The molecule has 1 aromatic rings. The first-order chi connectivity index (χ1) is 10.2. The highest BCUT2D eigenvalue weighted by Crippen LogP contribution is 2.51. The number of benzene rings is 1. The van der Waals surface area contributed by atoms with Crippen LogP contribution >= 0.6 is 15.9 Å². The minimum atomic E-state index is 0.534. The average molecular weight is 350 g/mol. The Morgan fingerprint density at radius 3 is 2.81 bits per heavy atom. The van der Waals surface area contributed by atoms with E-state index in [1.807, 2.05) is 0 Å². The van der Waals surface area contributed by atoms with Crippen molar-refractivity contribution in [3.8, 4) is 0 Å². The largest absolute Gasteiger partial charge is 0.310 e. The Morgan fingerprint density at radius 1 is 1.29 bits per heavy atom. The first-order valence-electron chi connectivity index (χ1n) is 8.66. The van der Waals surface area contributed by atoms with Crippen LogP contribution in [0.25, 0.3) is 0 Å². The van der Waals surface area contributed by atoms with Crippen molar-refractivity contribution in [3.05, 3.63) is 33.8 Å². The standard InChI is InChI=1S/C19H28BrN/c1-3-8-21-19(18-12-17(20)7-4-13(18)2)11-16-10-14-5-6-15(16)9-14/h4,7,12,14-16,19,21H,3,5-6,8-11H2,1-2H3. The van der Waals surface area contributed by atoms with Gasteiger partial charge in [0.25, 0.3) is 0 Å². The van der Waals surface area contributed by atoms with Crippen molar-refractivity contribution in [2.75, 3.05) is 6.54 Å². The lowest BCUT2D eigenvalue weighted by molar-refractivity contribution is 0.279. The zero-order valence-electron chi connectivity index (χ0n) is 13.4. The zero-order chi connectivity index (χ0) is 14.8. The third kappa shape index (κ3) is 3.53. The van der Waals surface area contributed by atoms with Gasteiger partial charge in [0.15, 0.2) is 0 Å². The Kier molecular flexibility index (Phi) is 5.06. The number of hydrogen-bond donors (Lipinski definition) is 1. The molecule has 1 N–H and O–H groups in total. The molecule has 0 amide bonds. The molecule has 2 aliphatic carbocycles. The fourth-order valence-corrected chi connectivity index (χ4v) is 4.97. The van der Waals surface area contributed by atoms with Gasteiger partial charge in [-0.25, -0.2) is 0 Å². The summed E-state index contributed by atoms with van der Waals surface area (Å²) in [5, 5.41) is 3.82. The Hall–Kier alpha value is -0.340. The normalized spacial score (nSPS) is 29.0. The molecule has 0 aromatic heterocycles. The van der Waals surface area contributed by atoms with E-state index in [0.29, 0.717) is 6.04 Å². The molecule has 1 nitrogen and oxygen atoms in total. The van der Waals surface area contributed by atoms with Gasteiger partial charge in [-0.1, -0.05) is 35.3 Å². The maximum absolute atomic E-state index is 3.82. The Morgan fingerprint density at radius 2 is 2.14 bits per heavy atom. The van der Waals surface area contributed by atoms with E-state index in [1.54, 1.807) is 0 Å². The highest BCUT2D eigenvalue weighted by molar-refractivity contribution is 9.10. The van der Waals surface area contributed by atoms with E-state index in [1.165, 1.54) is 54.1 Å². The summed E-state index contributed by atoms with van der Waals surface area (Å²) in [7, 11) is 0. The van der Waals surface area contributed by atoms with E-state index in [2.05, 4.69) is 53.3 Å². The van der Waals surface area contributed by atoms with Gasteiger partial charge in [-0.15, -0.1) is 0 Å². The zero-order valence-corrected chi connectivity index (χ0v) is 15.0. The molecule has 2 fully saturated rings. The predicted molar refractivity (Wildman–Crippen MR) is 93.5 cm³/mol. The summed E-state index contributed by atoms with van der Waals surface area (Å²) in [6, 6.07) is 7.27. The fraction of sp³-hybridized carbons (Fsp3) is 0.684. The van der Waals surface area contributed by atoms with E-state index >= 15 is 0 Å². The summed E-state index contributed by atoms with van der Waals surface area (Å²) in [5.74, 6) is 3.03. The number of aryl methyl sites for hydroxylation is 1. The summed E-state index contributed by atoms with van der Waals surface area (Å²) in [5.41, 5.74) is 2.93. The Balaban J connectivity index is 1.75. The SMILES string of the molecule is CCCNC(CC1CC2CCC1C2)c1cc(Br)ccc1C. The molecule has 116 valence electrons. The van der Waals surface area contributed by atoms with Crippen molar-refractivity contribution in [1.29, 1.82) is 0 Å². The number of fused-ring (bicyclic) bond motifs is 2. The smallest absolute Gasteiger partial charge is 0.0326 e. The first-order valence-corrected chi connectivity index (χ1v) is 9.46. The predicted octanol–water partition coefficient (Wildman–Crippen LogP) is 5.62. The van der Waals surface area contributed by atoms with Gasteiger partial charge in [-0.3, -0.25) is 0 Å². The van der Waals surface area contributed by atoms with Crippen LogP contribution in [-0.2, 0) is 0 Å². The fourth-order valence-electron chi connectivity index (χ4n) is 4.59. The third-order valence-corrected chi connectivity index (χ3v) is 6.17. The van der Waals surface area contributed by atoms with Crippen molar-refractivity contribution >= 4 is 15.9 Å². The second kappa shape index (κ2) is 6.83. The number of halogens is 1. The van der Waals surface area contributed by atoms with Crippen LogP contribution in [0.4, 0.5) is 0 Å². The molecule has 2 bridgehead atoms. The van der Waals surface area contributed by atoms with Gasteiger partial charge in [-0.05, 0) is 86.6 Å². The van der Waals surface area contributed by atoms with Crippen LogP contribution in [0.2, 0.25) is 0 Å². The van der Waals surface area contributed by atoms with Gasteiger partial charge < -0.3 is 5.32 Å². The average Bonchev–Trinajstić information content (AvgIpc) is 3.08. The molecule has 4 unspecified atom stereocenters. The second-order valence-corrected chi connectivity index (χ2v) is 8.09. The van der Waals surface area contributed by atoms with Crippen LogP contribution < -0.4 is 5.32 Å². The van der Waals surface area contributed by atoms with Crippen LogP contribution in [0.5, 0.6) is 0 Å². The van der Waals surface area contributed by atoms with Gasteiger partial charge in [0.05, 0.1) is 0 Å². The van der Waals surface area contributed by atoms with Crippen LogP contribution in [0.15, 0.2) is 22.7 Å². The lowest BCUT2D eigenvalue weighted by atomic mass is 9.82. The molecule has 0 radical (unpaired) electrons. The lowest BCUT2D eigenvalue weighted by Crippen LogP contribution is -2.27. The van der Waals surface area contributed by atoms with Crippen molar-refractivity contribution in [3.63, 3.8) is 0 Å². The summed E-state index contributed by atoms with van der Waals surface area (Å²) in [6.45, 7) is 5.63. The quantitative estimate of drug-likeness (QED) is 0.702. The topological polar surface area (TPSA) is 12.0 Å². The monoisotopic (exact) mass is 349 g/mol. The highest BCUT2D eigenvalue weighted by atomic mass is 79.9. The van der Waals surface area contributed by atoms with Crippen molar-refractivity contribution in [1.82, 2.24) is 5.32 Å². The molecule has 1 aromatic carbocycles. The number of nitrogens with one attached hydrogen (secondary N) is 1. The maximum atomic E-state index is 3.82. The van der Waals surface area contributed by atoms with Gasteiger partial charge in [0.2, 0.25) is 0 Å². The van der Waals surface area contributed by atoms with Gasteiger partial charge >= 0.3 is 0 Å². The molecule has 0 spiro atoms. The van der Waals surface area contributed by atoms with Crippen molar-refractivity contribution in [2.45, 2.75) is 58.4 Å². The molecular weight excluding hydrogens is 322 g/mol. The Labute approximate surface area is 138 Å². The number of rotatable bonds is 6. The van der Waals surface area contributed by atoms with Crippen LogP contribution in [0.3, 0.4) is 0 Å². The number of hydrogen-bond acceptors (Lipinski definition) is 1. The summed E-state index contributed by atoms with van der Waals surface area (Å²) in [4.78, 5) is 0. The minimum absolute atomic E-state index is 0.534. The van der Waals surface area contributed by atoms with Crippen molar-refractivity contribution < 1.29 is 0 Å². The van der Waals surface area contributed by atoms with Gasteiger partial charge in [0.1, 0.15) is 0 Å². The van der Waals surface area contributed by atoms with Crippen LogP contribution in [0, 0.1) is 24.7 Å². The molecular formula is C19H28BrN. The molecule has 2 aliphatic rings. The first kappa shape index (κ1) is 15.6. The minimum Gasteiger partial charge on any atom is -0.310 e. The molecule has 2 heteroatoms. The molecule has 0 heterocycles. The van der Waals surface area contributed by atoms with E-state index in [4.69, 9.17) is 0 Å². The Bertz CT molecular complexity index is 484. The molecule has 0 saturated heterocycles. The van der Waals surface area contributed by atoms with E-state index in [-0.39, 0.29) is 0 Å². The van der Waals surface area contributed by atoms with E-state index in [9.17, 15) is 0 Å². The van der Waals surface area contributed by atoms with E-state index in [0.717, 1.165) is 24.3 Å². The molecule has 3 rings (SSSR count). The van der Waals surface area contributed by atoms with E-state index < -0.39 is 0 Å². The van der Waals surface area contributed by atoms with Gasteiger partial charge in [0, 0.05) is 10.5 Å². The van der Waals surface area contributed by atoms with Gasteiger partial charge in [-0.2, -0.15) is 0 Å². The third-order valence-electron chi connectivity index (χ3n) is 5.68. The molecule has 4 atom stereocenters. The highest BCUT2D eigenvalue weighted by Gasteiger charge is 2.40. The van der Waals surface area contributed by atoms with Crippen LogP contribution in [-0.4, -0.2) is 6.54 Å². The second-order valence-electron chi connectivity index (χ2n) is 7.18. The molecule has 0 aliphatic heterocycles. The maximum Gasteiger partial charge on any atom is 0.0326 e. The van der Waals surface area contributed by atoms with Crippen LogP contribution in [0.1, 0.15) is 62.6 Å². The summed E-state index contributed by atoms with van der Waals surface area (Å²) < 4.78 is 1.21. The summed E-state index contributed by atoms with van der Waals surface area (Å²) in [6.07, 6.45) is 8.54. The lowest BCUT2D eigenvalue weighted by Gasteiger charge is -2.29. The van der Waals surface area contributed by atoms with Crippen molar-refractivity contribution in [2.24, 2.45) is 17.8 Å².